The van der Waals surface area contributed by atoms with E-state index in [0.717, 1.165) is 34.8 Å². The molecule has 0 spiro atoms. The first kappa shape index (κ1) is 14.1. The lowest BCUT2D eigenvalue weighted by atomic mass is 10.3. The number of benzene rings is 1. The fourth-order valence-corrected chi connectivity index (χ4v) is 1.82. The van der Waals surface area contributed by atoms with Crippen LogP contribution in [-0.4, -0.2) is 18.1 Å². The Hall–Kier alpha value is -1.33. The monoisotopic (exact) mass is 324 g/mol. The number of aromatic nitrogens is 1. The van der Waals surface area contributed by atoms with Crippen molar-refractivity contribution in [3.63, 3.8) is 0 Å². The zero-order valence-corrected chi connectivity index (χ0v) is 12.4. The van der Waals surface area contributed by atoms with Gasteiger partial charge in [0.15, 0.2) is 0 Å². The average molecular weight is 325 g/mol. The van der Waals surface area contributed by atoms with Crippen molar-refractivity contribution in [1.82, 2.24) is 10.3 Å². The number of ether oxygens (including phenoxy) is 1. The van der Waals surface area contributed by atoms with Gasteiger partial charge in [0, 0.05) is 17.4 Å². The molecule has 0 radical (unpaired) electrons. The van der Waals surface area contributed by atoms with E-state index in [9.17, 15) is 0 Å². The van der Waals surface area contributed by atoms with Gasteiger partial charge in [-0.25, -0.2) is 4.98 Å². The molecule has 0 bridgehead atoms. The molecule has 4 nitrogen and oxygen atoms in total. The molecule has 0 fully saturated rings. The van der Waals surface area contributed by atoms with Crippen LogP contribution in [0.3, 0.4) is 0 Å². The molecule has 5 heteroatoms. The number of hydrogen-bond donors (Lipinski definition) is 1. The van der Waals surface area contributed by atoms with E-state index in [1.165, 1.54) is 0 Å². The van der Waals surface area contributed by atoms with Gasteiger partial charge >= 0.3 is 0 Å². The van der Waals surface area contributed by atoms with Crippen LogP contribution in [0.1, 0.15) is 18.6 Å². The first-order valence-corrected chi connectivity index (χ1v) is 7.10. The Morgan fingerprint density at radius 2 is 2.11 bits per heavy atom. The molecule has 19 heavy (non-hydrogen) atoms. The fraction of sp³-hybridized carbons (Fsp3) is 0.357. The van der Waals surface area contributed by atoms with E-state index in [1.807, 2.05) is 31.2 Å². The molecule has 0 aliphatic heterocycles. The summed E-state index contributed by atoms with van der Waals surface area (Å²) in [5.41, 5.74) is 0. The van der Waals surface area contributed by atoms with E-state index in [0.29, 0.717) is 13.2 Å². The summed E-state index contributed by atoms with van der Waals surface area (Å²) in [6.45, 7) is 4.04. The van der Waals surface area contributed by atoms with Crippen molar-refractivity contribution in [3.8, 4) is 5.75 Å². The molecule has 0 atom stereocenters. The zero-order valence-electron chi connectivity index (χ0n) is 10.9. The van der Waals surface area contributed by atoms with Gasteiger partial charge in [-0.1, -0.05) is 22.9 Å². The second kappa shape index (κ2) is 7.31. The quantitative estimate of drug-likeness (QED) is 0.795. The third-order valence-electron chi connectivity index (χ3n) is 2.59. The van der Waals surface area contributed by atoms with E-state index in [2.05, 4.69) is 26.2 Å². The Labute approximate surface area is 121 Å². The summed E-state index contributed by atoms with van der Waals surface area (Å²) < 4.78 is 12.1. The van der Waals surface area contributed by atoms with Gasteiger partial charge < -0.3 is 14.5 Å². The Balaban J connectivity index is 1.63. The predicted molar refractivity (Wildman–Crippen MR) is 77.2 cm³/mol. The highest BCUT2D eigenvalue weighted by Crippen LogP contribution is 2.15. The average Bonchev–Trinajstić information content (AvgIpc) is 2.88. The van der Waals surface area contributed by atoms with Crippen LogP contribution in [0.15, 0.2) is 39.4 Å². The van der Waals surface area contributed by atoms with Crippen LogP contribution in [0.2, 0.25) is 0 Å². The minimum Gasteiger partial charge on any atom is -0.492 e. The summed E-state index contributed by atoms with van der Waals surface area (Å²) in [5.74, 6) is 2.51. The van der Waals surface area contributed by atoms with Gasteiger partial charge in [-0.2, -0.15) is 0 Å². The number of halogens is 1. The number of oxazole rings is 1. The van der Waals surface area contributed by atoms with Crippen molar-refractivity contribution in [3.05, 3.63) is 46.6 Å². The summed E-state index contributed by atoms with van der Waals surface area (Å²) in [7, 11) is 0. The molecule has 2 aromatic rings. The second-order valence-corrected chi connectivity index (χ2v) is 4.97. The first-order valence-electron chi connectivity index (χ1n) is 6.30. The van der Waals surface area contributed by atoms with Gasteiger partial charge in [0.05, 0.1) is 12.7 Å². The summed E-state index contributed by atoms with van der Waals surface area (Å²) in [6.07, 6.45) is 2.65. The maximum Gasteiger partial charge on any atom is 0.208 e. The van der Waals surface area contributed by atoms with Crippen LogP contribution in [-0.2, 0) is 13.0 Å². The highest BCUT2D eigenvalue weighted by atomic mass is 79.9. The Morgan fingerprint density at radius 3 is 2.79 bits per heavy atom. The Kier molecular flexibility index (Phi) is 5.42. The number of aryl methyl sites for hydroxylation is 1. The van der Waals surface area contributed by atoms with E-state index in [1.54, 1.807) is 6.20 Å². The van der Waals surface area contributed by atoms with Crippen LogP contribution in [0.4, 0.5) is 0 Å². The molecule has 102 valence electrons. The molecular weight excluding hydrogens is 308 g/mol. The zero-order chi connectivity index (χ0) is 13.5. The molecule has 1 N–H and O–H groups in total. The minimum absolute atomic E-state index is 0.614. The Morgan fingerprint density at radius 1 is 1.32 bits per heavy atom. The van der Waals surface area contributed by atoms with Crippen molar-refractivity contribution in [2.75, 3.05) is 13.2 Å². The van der Waals surface area contributed by atoms with Crippen LogP contribution in [0.5, 0.6) is 5.75 Å². The standard InChI is InChI=1S/C14H17BrN2O2/c1-2-12-9-17-14(19-12)10-16-7-8-18-13-5-3-11(15)4-6-13/h3-6,9,16H,2,7-8,10H2,1H3. The number of rotatable bonds is 7. The van der Waals surface area contributed by atoms with Crippen LogP contribution < -0.4 is 10.1 Å². The minimum atomic E-state index is 0.614. The largest absolute Gasteiger partial charge is 0.492 e. The molecular formula is C14H17BrN2O2. The van der Waals surface area contributed by atoms with E-state index in [4.69, 9.17) is 9.15 Å². The van der Waals surface area contributed by atoms with Gasteiger partial charge in [-0.05, 0) is 24.3 Å². The Bertz CT molecular complexity index is 496. The molecule has 2 rings (SSSR count). The van der Waals surface area contributed by atoms with Crippen molar-refractivity contribution in [1.29, 1.82) is 0 Å². The summed E-state index contributed by atoms with van der Waals surface area (Å²) in [4.78, 5) is 4.18. The van der Waals surface area contributed by atoms with E-state index < -0.39 is 0 Å². The number of nitrogens with zero attached hydrogens (tertiary/aromatic N) is 1. The van der Waals surface area contributed by atoms with Crippen molar-refractivity contribution < 1.29 is 9.15 Å². The molecule has 1 heterocycles. The molecule has 1 aromatic heterocycles. The number of hydrogen-bond acceptors (Lipinski definition) is 4. The maximum atomic E-state index is 5.59. The maximum absolute atomic E-state index is 5.59. The normalized spacial score (nSPS) is 10.6. The van der Waals surface area contributed by atoms with E-state index >= 15 is 0 Å². The third kappa shape index (κ3) is 4.69. The lowest BCUT2D eigenvalue weighted by Gasteiger charge is -2.06. The van der Waals surface area contributed by atoms with Gasteiger partial charge in [-0.3, -0.25) is 0 Å². The van der Waals surface area contributed by atoms with Crippen molar-refractivity contribution in [2.24, 2.45) is 0 Å². The highest BCUT2D eigenvalue weighted by Gasteiger charge is 2.01. The van der Waals surface area contributed by atoms with Crippen molar-refractivity contribution >= 4 is 15.9 Å². The SMILES string of the molecule is CCc1cnc(CNCCOc2ccc(Br)cc2)o1. The smallest absolute Gasteiger partial charge is 0.208 e. The summed E-state index contributed by atoms with van der Waals surface area (Å²) in [6, 6.07) is 7.79. The van der Waals surface area contributed by atoms with Gasteiger partial charge in [-0.15, -0.1) is 0 Å². The van der Waals surface area contributed by atoms with Crippen LogP contribution in [0.25, 0.3) is 0 Å². The molecule has 0 saturated carbocycles. The summed E-state index contributed by atoms with van der Waals surface area (Å²) in [5, 5.41) is 3.23. The lowest BCUT2D eigenvalue weighted by Crippen LogP contribution is -2.20. The first-order chi connectivity index (χ1) is 9.28. The second-order valence-electron chi connectivity index (χ2n) is 4.05. The van der Waals surface area contributed by atoms with Gasteiger partial charge in [0.2, 0.25) is 5.89 Å². The van der Waals surface area contributed by atoms with Crippen LogP contribution in [0, 0.1) is 0 Å². The molecule has 1 aromatic carbocycles. The van der Waals surface area contributed by atoms with Crippen molar-refractivity contribution in [2.45, 2.75) is 19.9 Å². The fourth-order valence-electron chi connectivity index (χ4n) is 1.56. The van der Waals surface area contributed by atoms with Crippen LogP contribution >= 0.6 is 15.9 Å². The van der Waals surface area contributed by atoms with E-state index in [-0.39, 0.29) is 0 Å². The molecule has 0 aliphatic carbocycles. The number of nitrogens with one attached hydrogen (secondary N) is 1. The predicted octanol–water partition coefficient (Wildman–Crippen LogP) is 3.17. The summed E-state index contributed by atoms with van der Waals surface area (Å²) >= 11 is 3.39. The lowest BCUT2D eigenvalue weighted by molar-refractivity contribution is 0.309. The molecule has 0 aliphatic rings. The topological polar surface area (TPSA) is 47.3 Å². The van der Waals surface area contributed by atoms with Gasteiger partial charge in [0.25, 0.3) is 0 Å². The van der Waals surface area contributed by atoms with Gasteiger partial charge in [0.1, 0.15) is 18.1 Å². The molecule has 0 saturated heterocycles. The molecule has 0 unspecified atom stereocenters. The molecule has 0 amide bonds. The third-order valence-corrected chi connectivity index (χ3v) is 3.12. The highest BCUT2D eigenvalue weighted by molar-refractivity contribution is 9.10.